The maximum Gasteiger partial charge on any atom is 0.247 e. The van der Waals surface area contributed by atoms with Crippen molar-refractivity contribution in [2.24, 2.45) is 28.8 Å². The van der Waals surface area contributed by atoms with Crippen LogP contribution in [0.4, 0.5) is 11.4 Å². The molecule has 0 saturated carbocycles. The topological polar surface area (TPSA) is 224 Å². The number of amides is 5. The van der Waals surface area contributed by atoms with E-state index in [-0.39, 0.29) is 48.9 Å². The first-order valence-electron chi connectivity index (χ1n) is 22.0. The fourth-order valence-corrected chi connectivity index (χ4v) is 8.82. The summed E-state index contributed by atoms with van der Waals surface area (Å²) in [6.07, 6.45) is 0.284. The minimum absolute atomic E-state index is 0.0147. The molecule has 17 heteroatoms. The summed E-state index contributed by atoms with van der Waals surface area (Å²) in [7, 11) is 8.27. The average Bonchev–Trinajstić information content (AvgIpc) is 3.73. The van der Waals surface area contributed by atoms with Crippen molar-refractivity contribution < 1.29 is 33.4 Å². The van der Waals surface area contributed by atoms with Gasteiger partial charge in [0.1, 0.15) is 12.1 Å². The molecular weight excluding hydrogens is 805 g/mol. The molecule has 9 atom stereocenters. The van der Waals surface area contributed by atoms with E-state index in [4.69, 9.17) is 15.2 Å². The molecule has 17 nitrogen and oxygen atoms in total. The summed E-state index contributed by atoms with van der Waals surface area (Å²) in [6.45, 7) is 11.7. The van der Waals surface area contributed by atoms with E-state index in [1.165, 1.54) is 19.1 Å². The molecule has 63 heavy (non-hydrogen) atoms. The number of azide groups is 1. The number of nitrogens with one attached hydrogen (secondary N) is 3. The number of likely N-dealkylation sites (N-methyl/N-ethyl adjacent to an activating group) is 2. The third kappa shape index (κ3) is 14.4. The van der Waals surface area contributed by atoms with Crippen molar-refractivity contribution in [2.45, 2.75) is 116 Å². The van der Waals surface area contributed by atoms with E-state index in [9.17, 15) is 29.5 Å². The van der Waals surface area contributed by atoms with Crippen LogP contribution in [0.2, 0.25) is 0 Å². The molecular formula is C46H72N10O7. The van der Waals surface area contributed by atoms with Crippen molar-refractivity contribution in [2.75, 3.05) is 59.5 Å². The molecule has 5 amide bonds. The fourth-order valence-electron chi connectivity index (χ4n) is 8.82. The molecule has 1 aliphatic heterocycles. The van der Waals surface area contributed by atoms with Gasteiger partial charge in [0.25, 0.3) is 0 Å². The molecule has 0 unspecified atom stereocenters. The number of likely N-dealkylation sites (tertiary alicyclic amines) is 1. The zero-order chi connectivity index (χ0) is 47.0. The van der Waals surface area contributed by atoms with Crippen LogP contribution in [0.3, 0.4) is 0 Å². The van der Waals surface area contributed by atoms with Crippen LogP contribution >= 0.6 is 0 Å². The lowest BCUT2D eigenvalue weighted by molar-refractivity contribution is -0.148. The maximum absolute atomic E-state index is 14.5. The van der Waals surface area contributed by atoms with Gasteiger partial charge in [0.05, 0.1) is 42.7 Å². The van der Waals surface area contributed by atoms with Crippen molar-refractivity contribution in [3.63, 3.8) is 0 Å². The summed E-state index contributed by atoms with van der Waals surface area (Å²) in [5, 5.41) is 12.7. The van der Waals surface area contributed by atoms with Gasteiger partial charge in [-0.05, 0) is 80.1 Å². The zero-order valence-corrected chi connectivity index (χ0v) is 39.1. The van der Waals surface area contributed by atoms with Crippen molar-refractivity contribution in [3.8, 4) is 0 Å². The highest BCUT2D eigenvalue weighted by Gasteiger charge is 2.44. The van der Waals surface area contributed by atoms with Gasteiger partial charge in [-0.15, -0.1) is 0 Å². The van der Waals surface area contributed by atoms with Gasteiger partial charge in [0.15, 0.2) is 0 Å². The minimum Gasteiger partial charge on any atom is -0.399 e. The molecule has 0 bridgehead atoms. The van der Waals surface area contributed by atoms with Crippen molar-refractivity contribution in [3.05, 3.63) is 70.6 Å². The molecule has 5 N–H and O–H groups in total. The molecule has 348 valence electrons. The number of benzene rings is 2. The lowest BCUT2D eigenvalue weighted by Crippen LogP contribution is -2.60. The summed E-state index contributed by atoms with van der Waals surface area (Å²) in [6, 6.07) is 12.6. The highest BCUT2D eigenvalue weighted by Crippen LogP contribution is 2.30. The standard InChI is InChI=1S/C46H72N10O7/c1-12-32(27-49-53-48)41(55(9)46(61)39(28(2)3)52-45(60)40(29(4)5)54(7)8)37(62-10)26-38(57)56-24-16-19-36(56)42(63-11)30(6)43(58)51-35(25-31-17-14-13-15-18-31)44(59)50-34-22-20-33(47)21-23-34/h13-15,17-18,20-23,28-30,32,35-37,39-42H,12,16,19,24-27,47H2,1-11H3,(H,50,59)(H,51,58)(H,52,60)/t30-,32-,35+,36+,37-,39+,40+,41+,42-/m1/s1. The molecule has 1 aliphatic rings. The van der Waals surface area contributed by atoms with E-state index >= 15 is 0 Å². The molecule has 3 rings (SSSR count). The lowest BCUT2D eigenvalue weighted by Gasteiger charge is -2.41. The van der Waals surface area contributed by atoms with Gasteiger partial charge in [0, 0.05) is 57.1 Å². The Hall–Kier alpha value is -5.22. The molecule has 1 fully saturated rings. The number of ether oxygens (including phenoxy) is 2. The number of carbonyl (C=O) groups excluding carboxylic acids is 5. The van der Waals surface area contributed by atoms with Gasteiger partial charge in [-0.2, -0.15) is 0 Å². The predicted octanol–water partition coefficient (Wildman–Crippen LogP) is 4.87. The highest BCUT2D eigenvalue weighted by molar-refractivity contribution is 5.98. The number of nitrogens with zero attached hydrogens (tertiary/aromatic N) is 6. The van der Waals surface area contributed by atoms with Crippen LogP contribution in [0.1, 0.15) is 72.8 Å². The van der Waals surface area contributed by atoms with Crippen molar-refractivity contribution >= 4 is 40.9 Å². The van der Waals surface area contributed by atoms with Crippen LogP contribution in [0.25, 0.3) is 10.4 Å². The van der Waals surface area contributed by atoms with Crippen LogP contribution in [0, 0.1) is 23.7 Å². The van der Waals surface area contributed by atoms with Crippen LogP contribution in [0.15, 0.2) is 59.7 Å². The first-order valence-corrected chi connectivity index (χ1v) is 22.0. The number of hydrogen-bond acceptors (Lipinski definition) is 10. The zero-order valence-electron chi connectivity index (χ0n) is 39.1. The van der Waals surface area contributed by atoms with Crippen molar-refractivity contribution in [1.29, 1.82) is 0 Å². The van der Waals surface area contributed by atoms with Crippen LogP contribution in [-0.4, -0.2) is 135 Å². The summed E-state index contributed by atoms with van der Waals surface area (Å²) in [5.74, 6) is -3.16. The number of rotatable bonds is 24. The predicted molar refractivity (Wildman–Crippen MR) is 245 cm³/mol. The van der Waals surface area contributed by atoms with Gasteiger partial charge >= 0.3 is 0 Å². The summed E-state index contributed by atoms with van der Waals surface area (Å²) in [5.41, 5.74) is 17.1. The number of carbonyl (C=O) groups is 5. The molecule has 0 radical (unpaired) electrons. The first-order chi connectivity index (χ1) is 29.9. The van der Waals surface area contributed by atoms with Gasteiger partial charge in [-0.3, -0.25) is 28.9 Å². The lowest BCUT2D eigenvalue weighted by atomic mass is 9.88. The normalized spacial score (nSPS) is 17.7. The molecule has 1 heterocycles. The summed E-state index contributed by atoms with van der Waals surface area (Å²) >= 11 is 0. The van der Waals surface area contributed by atoms with Crippen LogP contribution in [0.5, 0.6) is 0 Å². The number of nitrogens with two attached hydrogens (primary N) is 1. The quantitative estimate of drug-likeness (QED) is 0.0488. The number of methoxy groups -OCH3 is 2. The smallest absolute Gasteiger partial charge is 0.247 e. The van der Waals surface area contributed by atoms with Crippen LogP contribution in [-0.2, 0) is 39.9 Å². The Morgan fingerprint density at radius 1 is 0.905 bits per heavy atom. The van der Waals surface area contributed by atoms with E-state index in [2.05, 4.69) is 26.0 Å². The number of anilines is 2. The average molecular weight is 877 g/mol. The van der Waals surface area contributed by atoms with Crippen LogP contribution < -0.4 is 21.7 Å². The molecule has 0 aromatic heterocycles. The minimum atomic E-state index is -0.928. The van der Waals surface area contributed by atoms with E-state index in [1.54, 1.807) is 43.1 Å². The summed E-state index contributed by atoms with van der Waals surface area (Å²) in [4.78, 5) is 78.4. The van der Waals surface area contributed by atoms with E-state index < -0.39 is 66.1 Å². The van der Waals surface area contributed by atoms with Gasteiger partial charge in [-0.1, -0.05) is 83.4 Å². The van der Waals surface area contributed by atoms with Crippen molar-refractivity contribution in [1.82, 2.24) is 25.3 Å². The van der Waals surface area contributed by atoms with E-state index in [0.29, 0.717) is 37.2 Å². The van der Waals surface area contributed by atoms with E-state index in [0.717, 1.165) is 5.56 Å². The Morgan fingerprint density at radius 2 is 1.56 bits per heavy atom. The van der Waals surface area contributed by atoms with Gasteiger partial charge in [0.2, 0.25) is 29.5 Å². The Bertz CT molecular complexity index is 1830. The second-order valence-electron chi connectivity index (χ2n) is 17.5. The second-order valence-corrected chi connectivity index (χ2v) is 17.5. The summed E-state index contributed by atoms with van der Waals surface area (Å²) < 4.78 is 12.1. The Kier molecular flexibility index (Phi) is 20.8. The highest BCUT2D eigenvalue weighted by atomic mass is 16.5. The first kappa shape index (κ1) is 52.1. The Labute approximate surface area is 373 Å². The monoisotopic (exact) mass is 877 g/mol. The SMILES string of the molecule is CC[C@H](CN=[N+]=[N-])[C@@H]([C@@H](CC(=O)N1CCC[C@H]1[C@H](OC)[C@@H](C)C(=O)N[C@@H](Cc1ccccc1)C(=O)Nc1ccc(N)cc1)OC)N(C)C(=O)[C@@H](NC(=O)[C@H](C(C)C)N(C)C)C(C)C. The molecule has 0 spiro atoms. The Balaban J connectivity index is 1.88. The Morgan fingerprint density at radius 3 is 2.10 bits per heavy atom. The second kappa shape index (κ2) is 25.2. The number of nitrogen functional groups attached to an aromatic ring is 1. The number of hydrogen-bond donors (Lipinski definition) is 4. The molecule has 2 aromatic carbocycles. The maximum atomic E-state index is 14.5. The van der Waals surface area contributed by atoms with Gasteiger partial charge < -0.3 is 41.0 Å². The molecule has 1 saturated heterocycles. The largest absolute Gasteiger partial charge is 0.399 e. The molecule has 2 aromatic rings. The van der Waals surface area contributed by atoms with E-state index in [1.807, 2.05) is 83.9 Å². The third-order valence-corrected chi connectivity index (χ3v) is 12.2. The van der Waals surface area contributed by atoms with Gasteiger partial charge in [-0.25, -0.2) is 0 Å². The third-order valence-electron chi connectivity index (χ3n) is 12.2. The fraction of sp³-hybridized carbons (Fsp3) is 0.630. The molecule has 0 aliphatic carbocycles.